The first-order chi connectivity index (χ1) is 8.40. The molecule has 0 saturated heterocycles. The van der Waals surface area contributed by atoms with Crippen LogP contribution in [0.5, 0.6) is 0 Å². The van der Waals surface area contributed by atoms with E-state index in [0.717, 1.165) is 5.69 Å². The lowest BCUT2D eigenvalue weighted by molar-refractivity contribution is -0.138. The summed E-state index contributed by atoms with van der Waals surface area (Å²) in [5, 5.41) is 13.5. The van der Waals surface area contributed by atoms with E-state index in [1.165, 1.54) is 6.92 Å². The van der Waals surface area contributed by atoms with Crippen LogP contribution in [0.25, 0.3) is 0 Å². The number of hydrogen-bond donors (Lipinski definition) is 3. The van der Waals surface area contributed by atoms with Gasteiger partial charge in [-0.05, 0) is 31.2 Å². The highest BCUT2D eigenvalue weighted by atomic mass is 16.4. The van der Waals surface area contributed by atoms with Crippen LogP contribution in [-0.4, -0.2) is 37.2 Å². The van der Waals surface area contributed by atoms with Crippen molar-refractivity contribution in [3.05, 3.63) is 24.3 Å². The Kier molecular flexibility index (Phi) is 4.53. The van der Waals surface area contributed by atoms with Gasteiger partial charge in [-0.15, -0.1) is 0 Å². The highest BCUT2D eigenvalue weighted by Crippen LogP contribution is 2.15. The van der Waals surface area contributed by atoms with E-state index in [1.807, 2.05) is 31.1 Å². The molecule has 6 nitrogen and oxygen atoms in total. The van der Waals surface area contributed by atoms with Gasteiger partial charge in [-0.2, -0.15) is 0 Å². The van der Waals surface area contributed by atoms with Gasteiger partial charge in [0.1, 0.15) is 6.04 Å². The van der Waals surface area contributed by atoms with Crippen molar-refractivity contribution in [2.24, 2.45) is 0 Å². The lowest BCUT2D eigenvalue weighted by Gasteiger charge is -2.14. The zero-order valence-corrected chi connectivity index (χ0v) is 10.6. The molecule has 0 saturated carbocycles. The number of carbonyl (C=O) groups is 2. The maximum Gasteiger partial charge on any atom is 0.325 e. The molecule has 6 heteroatoms. The van der Waals surface area contributed by atoms with E-state index in [2.05, 4.69) is 10.6 Å². The Labute approximate surface area is 106 Å². The van der Waals surface area contributed by atoms with E-state index in [1.54, 1.807) is 12.1 Å². The monoisotopic (exact) mass is 251 g/mol. The SMILES string of the molecule is C[C@H](NC(=O)Nc1ccc(N(C)C)cc1)C(=O)O. The van der Waals surface area contributed by atoms with Crippen LogP contribution in [-0.2, 0) is 4.79 Å². The highest BCUT2D eigenvalue weighted by molar-refractivity contribution is 5.92. The van der Waals surface area contributed by atoms with E-state index >= 15 is 0 Å². The minimum atomic E-state index is -1.08. The quantitative estimate of drug-likeness (QED) is 0.754. The Balaban J connectivity index is 2.57. The summed E-state index contributed by atoms with van der Waals surface area (Å²) in [6.07, 6.45) is 0. The Morgan fingerprint density at radius 3 is 2.22 bits per heavy atom. The van der Waals surface area contributed by atoms with Gasteiger partial charge < -0.3 is 20.6 Å². The topological polar surface area (TPSA) is 81.7 Å². The Hall–Kier alpha value is -2.24. The molecule has 1 aromatic carbocycles. The number of amides is 2. The molecule has 0 spiro atoms. The molecular formula is C12H17N3O3. The summed E-state index contributed by atoms with van der Waals surface area (Å²) in [7, 11) is 3.84. The Bertz CT molecular complexity index is 429. The molecular weight excluding hydrogens is 234 g/mol. The lowest BCUT2D eigenvalue weighted by Crippen LogP contribution is -2.40. The largest absolute Gasteiger partial charge is 0.480 e. The number of hydrogen-bond acceptors (Lipinski definition) is 3. The second-order valence-corrected chi connectivity index (χ2v) is 4.10. The minimum Gasteiger partial charge on any atom is -0.480 e. The molecule has 3 N–H and O–H groups in total. The van der Waals surface area contributed by atoms with Gasteiger partial charge in [0.05, 0.1) is 0 Å². The number of nitrogens with zero attached hydrogens (tertiary/aromatic N) is 1. The van der Waals surface area contributed by atoms with Gasteiger partial charge in [0.15, 0.2) is 0 Å². The number of nitrogens with one attached hydrogen (secondary N) is 2. The predicted molar refractivity (Wildman–Crippen MR) is 70.0 cm³/mol. The van der Waals surface area contributed by atoms with Crippen LogP contribution in [0.2, 0.25) is 0 Å². The molecule has 1 rings (SSSR count). The van der Waals surface area contributed by atoms with Gasteiger partial charge in [-0.3, -0.25) is 4.79 Å². The molecule has 0 aliphatic heterocycles. The summed E-state index contributed by atoms with van der Waals surface area (Å²) in [5.41, 5.74) is 1.62. The zero-order valence-electron chi connectivity index (χ0n) is 10.6. The summed E-state index contributed by atoms with van der Waals surface area (Å²) in [6, 6.07) is 5.75. The van der Waals surface area contributed by atoms with Crippen molar-refractivity contribution in [3.63, 3.8) is 0 Å². The smallest absolute Gasteiger partial charge is 0.325 e. The fourth-order valence-electron chi connectivity index (χ4n) is 1.27. The van der Waals surface area contributed by atoms with Crippen LogP contribution in [0.3, 0.4) is 0 Å². The second kappa shape index (κ2) is 5.90. The molecule has 0 fully saturated rings. The van der Waals surface area contributed by atoms with Crippen LogP contribution in [0, 0.1) is 0 Å². The van der Waals surface area contributed by atoms with Crippen molar-refractivity contribution >= 4 is 23.4 Å². The molecule has 0 heterocycles. The van der Waals surface area contributed by atoms with E-state index in [0.29, 0.717) is 5.69 Å². The third-order valence-corrected chi connectivity index (χ3v) is 2.36. The number of anilines is 2. The average Bonchev–Trinajstić information content (AvgIpc) is 2.29. The van der Waals surface area contributed by atoms with Crippen molar-refractivity contribution in [1.82, 2.24) is 5.32 Å². The molecule has 0 unspecified atom stereocenters. The van der Waals surface area contributed by atoms with Crippen LogP contribution in [0.15, 0.2) is 24.3 Å². The van der Waals surface area contributed by atoms with Crippen LogP contribution in [0.4, 0.5) is 16.2 Å². The number of aliphatic carboxylic acids is 1. The number of carboxylic acids is 1. The number of carbonyl (C=O) groups excluding carboxylic acids is 1. The Morgan fingerprint density at radius 2 is 1.78 bits per heavy atom. The van der Waals surface area contributed by atoms with Crippen molar-refractivity contribution < 1.29 is 14.7 Å². The summed E-state index contributed by atoms with van der Waals surface area (Å²) < 4.78 is 0. The van der Waals surface area contributed by atoms with Crippen LogP contribution >= 0.6 is 0 Å². The zero-order chi connectivity index (χ0) is 13.7. The van der Waals surface area contributed by atoms with Crippen molar-refractivity contribution in [1.29, 1.82) is 0 Å². The van der Waals surface area contributed by atoms with E-state index in [4.69, 9.17) is 5.11 Å². The van der Waals surface area contributed by atoms with Gasteiger partial charge in [0, 0.05) is 25.5 Å². The van der Waals surface area contributed by atoms with Gasteiger partial charge in [0.25, 0.3) is 0 Å². The lowest BCUT2D eigenvalue weighted by atomic mass is 10.2. The molecule has 1 aromatic rings. The van der Waals surface area contributed by atoms with Crippen molar-refractivity contribution in [2.75, 3.05) is 24.3 Å². The first-order valence-electron chi connectivity index (χ1n) is 5.48. The maximum absolute atomic E-state index is 11.5. The van der Waals surface area contributed by atoms with E-state index in [9.17, 15) is 9.59 Å². The molecule has 2 amide bonds. The van der Waals surface area contributed by atoms with Gasteiger partial charge in [-0.1, -0.05) is 0 Å². The molecule has 18 heavy (non-hydrogen) atoms. The highest BCUT2D eigenvalue weighted by Gasteiger charge is 2.13. The summed E-state index contributed by atoms with van der Waals surface area (Å²) in [6.45, 7) is 1.40. The summed E-state index contributed by atoms with van der Waals surface area (Å²) in [4.78, 5) is 23.9. The maximum atomic E-state index is 11.5. The van der Waals surface area contributed by atoms with Gasteiger partial charge >= 0.3 is 12.0 Å². The Morgan fingerprint density at radius 1 is 1.22 bits per heavy atom. The molecule has 0 aliphatic rings. The summed E-state index contributed by atoms with van der Waals surface area (Å²) in [5.74, 6) is -1.08. The summed E-state index contributed by atoms with van der Waals surface area (Å²) >= 11 is 0. The third kappa shape index (κ3) is 3.97. The van der Waals surface area contributed by atoms with Crippen molar-refractivity contribution in [3.8, 4) is 0 Å². The van der Waals surface area contributed by atoms with E-state index in [-0.39, 0.29) is 0 Å². The third-order valence-electron chi connectivity index (χ3n) is 2.36. The van der Waals surface area contributed by atoms with E-state index < -0.39 is 18.0 Å². The van der Waals surface area contributed by atoms with Gasteiger partial charge in [0.2, 0.25) is 0 Å². The predicted octanol–water partition coefficient (Wildman–Crippen LogP) is 1.35. The average molecular weight is 251 g/mol. The molecule has 0 aliphatic carbocycles. The van der Waals surface area contributed by atoms with Crippen LogP contribution in [0.1, 0.15) is 6.92 Å². The standard InChI is InChI=1S/C12H17N3O3/c1-8(11(16)17)13-12(18)14-9-4-6-10(7-5-9)15(2)3/h4-8H,1-3H3,(H,16,17)(H2,13,14,18)/t8-/m0/s1. The fraction of sp³-hybridized carbons (Fsp3) is 0.333. The molecule has 0 bridgehead atoms. The number of rotatable bonds is 4. The fourth-order valence-corrected chi connectivity index (χ4v) is 1.27. The molecule has 0 radical (unpaired) electrons. The number of benzene rings is 1. The van der Waals surface area contributed by atoms with Crippen molar-refractivity contribution in [2.45, 2.75) is 13.0 Å². The first kappa shape index (κ1) is 13.8. The minimum absolute atomic E-state index is 0.539. The van der Waals surface area contributed by atoms with Gasteiger partial charge in [-0.25, -0.2) is 4.79 Å². The molecule has 98 valence electrons. The molecule has 1 atom stereocenters. The molecule has 0 aromatic heterocycles. The van der Waals surface area contributed by atoms with Crippen LogP contribution < -0.4 is 15.5 Å². The second-order valence-electron chi connectivity index (χ2n) is 4.10. The normalized spacial score (nSPS) is 11.5. The number of urea groups is 1. The first-order valence-corrected chi connectivity index (χ1v) is 5.48. The number of carboxylic acid groups (broad SMARTS) is 1.